The van der Waals surface area contributed by atoms with Gasteiger partial charge in [-0.15, -0.1) is 11.3 Å². The number of hydrogen-bond acceptors (Lipinski definition) is 5. The Hall–Kier alpha value is -2.51. The van der Waals surface area contributed by atoms with Gasteiger partial charge in [-0.05, 0) is 37.4 Å². The molecule has 4 rings (SSSR count). The Kier molecular flexibility index (Phi) is 5.78. The number of para-hydroxylation sites is 1. The zero-order valence-electron chi connectivity index (χ0n) is 16.9. The van der Waals surface area contributed by atoms with Crippen LogP contribution in [0, 0.1) is 0 Å². The van der Waals surface area contributed by atoms with Crippen molar-refractivity contribution in [2.45, 2.75) is 45.1 Å². The predicted octanol–water partition coefficient (Wildman–Crippen LogP) is 3.93. The molecule has 0 spiro atoms. The van der Waals surface area contributed by atoms with Gasteiger partial charge in [0.15, 0.2) is 0 Å². The molecule has 2 aromatic heterocycles. The minimum absolute atomic E-state index is 0.195. The summed E-state index contributed by atoms with van der Waals surface area (Å²) >= 11 is 1.79. The van der Waals surface area contributed by atoms with Crippen LogP contribution in [0.5, 0.6) is 0 Å². The van der Waals surface area contributed by atoms with Crippen molar-refractivity contribution < 1.29 is 4.79 Å². The first-order chi connectivity index (χ1) is 14.0. The minimum Gasteiger partial charge on any atom is -0.365 e. The fraction of sp³-hybridized carbons (Fsp3) is 0.409. The van der Waals surface area contributed by atoms with Crippen LogP contribution in [0.15, 0.2) is 42.7 Å². The molecule has 1 aliphatic heterocycles. The molecule has 152 valence electrons. The average molecular weight is 410 g/mol. The summed E-state index contributed by atoms with van der Waals surface area (Å²) < 4.78 is 1.77. The van der Waals surface area contributed by atoms with Gasteiger partial charge in [0.25, 0.3) is 5.91 Å². The number of rotatable bonds is 6. The molecule has 0 bridgehead atoms. The normalized spacial score (nSPS) is 17.7. The highest BCUT2D eigenvalue weighted by Crippen LogP contribution is 2.31. The van der Waals surface area contributed by atoms with Crippen molar-refractivity contribution in [1.29, 1.82) is 0 Å². The highest BCUT2D eigenvalue weighted by molar-refractivity contribution is 7.11. The second kappa shape index (κ2) is 8.47. The molecule has 0 radical (unpaired) electrons. The summed E-state index contributed by atoms with van der Waals surface area (Å²) in [4.78, 5) is 20.4. The maximum atomic E-state index is 12.1. The van der Waals surface area contributed by atoms with Gasteiger partial charge in [-0.2, -0.15) is 5.10 Å². The van der Waals surface area contributed by atoms with E-state index >= 15 is 0 Å². The minimum atomic E-state index is -0.416. The van der Waals surface area contributed by atoms with Crippen LogP contribution in [0.4, 0.5) is 0 Å². The Balaban J connectivity index is 1.54. The Morgan fingerprint density at radius 3 is 2.79 bits per heavy atom. The Bertz CT molecular complexity index is 978. The van der Waals surface area contributed by atoms with Crippen molar-refractivity contribution in [1.82, 2.24) is 19.7 Å². The molecule has 1 fully saturated rings. The van der Waals surface area contributed by atoms with Crippen molar-refractivity contribution in [3.63, 3.8) is 0 Å². The number of nitrogens with two attached hydrogens (primary N) is 1. The standard InChI is InChI=1S/C22H27N5OS/c1-15(2)19-11-24-20(29-19)14-26-10-6-7-16(12-26)21-18(22(23)28)13-27(25-21)17-8-4-3-5-9-17/h3-5,8-9,11,13,15-16H,6-7,10,12,14H2,1-2H3,(H2,23,28)/t16-/m1/s1. The number of nitrogens with zero attached hydrogens (tertiary/aromatic N) is 4. The summed E-state index contributed by atoms with van der Waals surface area (Å²) in [5.74, 6) is 0.289. The smallest absolute Gasteiger partial charge is 0.252 e. The summed E-state index contributed by atoms with van der Waals surface area (Å²) in [6.45, 7) is 7.14. The molecule has 29 heavy (non-hydrogen) atoms. The summed E-state index contributed by atoms with van der Waals surface area (Å²) in [5.41, 5.74) is 7.95. The lowest BCUT2D eigenvalue weighted by Gasteiger charge is -2.31. The highest BCUT2D eigenvalue weighted by atomic mass is 32.1. The van der Waals surface area contributed by atoms with E-state index < -0.39 is 5.91 Å². The molecule has 3 aromatic rings. The lowest BCUT2D eigenvalue weighted by atomic mass is 9.92. The topological polar surface area (TPSA) is 77.0 Å². The van der Waals surface area contributed by atoms with E-state index in [1.165, 1.54) is 4.88 Å². The SMILES string of the molecule is CC(C)c1cnc(CN2CCC[C@@H](c3nn(-c4ccccc4)cc3C(N)=O)C2)s1. The molecule has 0 saturated carbocycles. The lowest BCUT2D eigenvalue weighted by molar-refractivity contribution is 0.0997. The van der Waals surface area contributed by atoms with Gasteiger partial charge in [-0.1, -0.05) is 32.0 Å². The number of amides is 1. The Morgan fingerprint density at radius 2 is 2.10 bits per heavy atom. The second-order valence-corrected chi connectivity index (χ2v) is 9.10. The Labute approximate surface area is 175 Å². The van der Waals surface area contributed by atoms with Crippen LogP contribution in [0.25, 0.3) is 5.69 Å². The molecule has 6 nitrogen and oxygen atoms in total. The van der Waals surface area contributed by atoms with Gasteiger partial charge in [0, 0.05) is 29.7 Å². The van der Waals surface area contributed by atoms with Gasteiger partial charge in [0.2, 0.25) is 0 Å². The third-order valence-corrected chi connectivity index (χ3v) is 6.70. The maximum Gasteiger partial charge on any atom is 0.252 e. The van der Waals surface area contributed by atoms with Gasteiger partial charge in [-0.3, -0.25) is 9.69 Å². The number of thiazole rings is 1. The van der Waals surface area contributed by atoms with Gasteiger partial charge < -0.3 is 5.73 Å². The van der Waals surface area contributed by atoms with E-state index in [9.17, 15) is 4.79 Å². The zero-order valence-corrected chi connectivity index (χ0v) is 17.7. The number of aromatic nitrogens is 3. The van der Waals surface area contributed by atoms with E-state index in [1.807, 2.05) is 36.5 Å². The maximum absolute atomic E-state index is 12.1. The van der Waals surface area contributed by atoms with E-state index in [4.69, 9.17) is 10.8 Å². The van der Waals surface area contributed by atoms with E-state index in [0.29, 0.717) is 11.5 Å². The number of hydrogen-bond donors (Lipinski definition) is 1. The monoisotopic (exact) mass is 409 g/mol. The van der Waals surface area contributed by atoms with Crippen molar-refractivity contribution in [2.24, 2.45) is 5.73 Å². The number of piperidine rings is 1. The third kappa shape index (κ3) is 4.41. The third-order valence-electron chi connectivity index (χ3n) is 5.42. The lowest BCUT2D eigenvalue weighted by Crippen LogP contribution is -2.34. The van der Waals surface area contributed by atoms with Gasteiger partial charge in [0.1, 0.15) is 5.01 Å². The number of carbonyl (C=O) groups excluding carboxylic acids is 1. The molecule has 7 heteroatoms. The molecule has 1 atom stereocenters. The summed E-state index contributed by atoms with van der Waals surface area (Å²) in [5, 5.41) is 5.92. The van der Waals surface area contributed by atoms with E-state index in [2.05, 4.69) is 23.7 Å². The first kappa shape index (κ1) is 19.8. The molecule has 1 amide bonds. The van der Waals surface area contributed by atoms with Crippen LogP contribution < -0.4 is 5.73 Å². The highest BCUT2D eigenvalue weighted by Gasteiger charge is 2.28. The second-order valence-electron chi connectivity index (χ2n) is 7.96. The van der Waals surface area contributed by atoms with Crippen LogP contribution in [0.3, 0.4) is 0 Å². The molecule has 0 aliphatic carbocycles. The fourth-order valence-electron chi connectivity index (χ4n) is 3.87. The summed E-state index contributed by atoms with van der Waals surface area (Å²) in [7, 11) is 0. The number of primary amides is 1. The van der Waals surface area contributed by atoms with Gasteiger partial charge in [0.05, 0.1) is 23.5 Å². The molecule has 1 aliphatic rings. The number of carbonyl (C=O) groups is 1. The summed E-state index contributed by atoms with van der Waals surface area (Å²) in [6, 6.07) is 9.84. The molecule has 2 N–H and O–H groups in total. The predicted molar refractivity (Wildman–Crippen MR) is 116 cm³/mol. The molecular weight excluding hydrogens is 382 g/mol. The van der Waals surface area contributed by atoms with Crippen molar-refractivity contribution in [3.8, 4) is 5.69 Å². The first-order valence-corrected chi connectivity index (χ1v) is 10.9. The van der Waals surface area contributed by atoms with Crippen molar-refractivity contribution >= 4 is 17.2 Å². The van der Waals surface area contributed by atoms with Crippen molar-refractivity contribution in [2.75, 3.05) is 13.1 Å². The van der Waals surface area contributed by atoms with E-state index in [1.54, 1.807) is 22.2 Å². The number of likely N-dealkylation sites (tertiary alicyclic amines) is 1. The van der Waals surface area contributed by atoms with Crippen LogP contribution in [0.1, 0.15) is 64.5 Å². The van der Waals surface area contributed by atoms with E-state index in [-0.39, 0.29) is 5.92 Å². The van der Waals surface area contributed by atoms with Crippen molar-refractivity contribution in [3.05, 3.63) is 63.9 Å². The molecule has 0 unspecified atom stereocenters. The first-order valence-electron chi connectivity index (χ1n) is 10.1. The number of benzene rings is 1. The summed E-state index contributed by atoms with van der Waals surface area (Å²) in [6.07, 6.45) is 5.85. The molecule has 1 aromatic carbocycles. The van der Waals surface area contributed by atoms with Gasteiger partial charge in [-0.25, -0.2) is 9.67 Å². The van der Waals surface area contributed by atoms with E-state index in [0.717, 1.165) is 48.9 Å². The quantitative estimate of drug-likeness (QED) is 0.669. The van der Waals surface area contributed by atoms with Crippen LogP contribution in [-0.4, -0.2) is 38.7 Å². The molecule has 3 heterocycles. The van der Waals surface area contributed by atoms with Crippen LogP contribution in [0.2, 0.25) is 0 Å². The molecular formula is C22H27N5OS. The molecule has 1 saturated heterocycles. The fourth-order valence-corrected chi connectivity index (χ4v) is 4.84. The average Bonchev–Trinajstić information content (AvgIpc) is 3.36. The Morgan fingerprint density at radius 1 is 1.31 bits per heavy atom. The zero-order chi connectivity index (χ0) is 20.4. The van der Waals surface area contributed by atoms with Crippen LogP contribution >= 0.6 is 11.3 Å². The largest absolute Gasteiger partial charge is 0.365 e. The van der Waals surface area contributed by atoms with Gasteiger partial charge >= 0.3 is 0 Å². The van der Waals surface area contributed by atoms with Crippen LogP contribution in [-0.2, 0) is 6.54 Å².